The van der Waals surface area contributed by atoms with E-state index in [1.807, 2.05) is 32.0 Å². The summed E-state index contributed by atoms with van der Waals surface area (Å²) in [6, 6.07) is 20.8. The summed E-state index contributed by atoms with van der Waals surface area (Å²) in [5.74, 6) is 2.63. The summed E-state index contributed by atoms with van der Waals surface area (Å²) in [6.07, 6.45) is 4.49. The Kier molecular flexibility index (Phi) is 12.0. The summed E-state index contributed by atoms with van der Waals surface area (Å²) < 4.78 is 5.99. The maximum Gasteiger partial charge on any atom is 0.122 e. The minimum atomic E-state index is 0.666. The largest absolute Gasteiger partial charge is 0.493 e. The van der Waals surface area contributed by atoms with Gasteiger partial charge in [-0.3, -0.25) is 4.99 Å². The minimum Gasteiger partial charge on any atom is -0.493 e. The zero-order chi connectivity index (χ0) is 29.9. The van der Waals surface area contributed by atoms with Crippen molar-refractivity contribution in [3.63, 3.8) is 0 Å². The summed E-state index contributed by atoms with van der Waals surface area (Å²) in [6.45, 7) is 19.2. The Hall–Kier alpha value is -3.63. The molecule has 3 aromatic carbocycles. The molecule has 5 heteroatoms. The van der Waals surface area contributed by atoms with Gasteiger partial charge in [-0.25, -0.2) is 4.98 Å². The molecule has 1 aromatic heterocycles. The number of halogens is 1. The molecule has 41 heavy (non-hydrogen) atoms. The van der Waals surface area contributed by atoms with Crippen LogP contribution in [0.25, 0.3) is 22.2 Å². The van der Waals surface area contributed by atoms with Crippen molar-refractivity contribution >= 4 is 28.3 Å². The van der Waals surface area contributed by atoms with Crippen molar-refractivity contribution in [2.24, 2.45) is 10.9 Å². The predicted octanol–water partition coefficient (Wildman–Crippen LogP) is 10.3. The Labute approximate surface area is 251 Å². The smallest absolute Gasteiger partial charge is 0.122 e. The lowest BCUT2D eigenvalue weighted by Gasteiger charge is -2.13. The van der Waals surface area contributed by atoms with Gasteiger partial charge in [-0.1, -0.05) is 68.8 Å². The molecule has 0 aliphatic rings. The fourth-order valence-corrected chi connectivity index (χ4v) is 4.84. The van der Waals surface area contributed by atoms with E-state index in [0.717, 1.165) is 59.2 Å². The second kappa shape index (κ2) is 15.4. The first kappa shape index (κ1) is 31.9. The Balaban J connectivity index is 0.000000241. The molecule has 0 saturated heterocycles. The predicted molar refractivity (Wildman–Crippen MR) is 177 cm³/mol. The van der Waals surface area contributed by atoms with E-state index in [9.17, 15) is 0 Å². The Morgan fingerprint density at radius 3 is 2.44 bits per heavy atom. The van der Waals surface area contributed by atoms with E-state index in [4.69, 9.17) is 16.3 Å². The van der Waals surface area contributed by atoms with Crippen LogP contribution < -0.4 is 4.74 Å². The van der Waals surface area contributed by atoms with Gasteiger partial charge in [0, 0.05) is 16.9 Å². The fraction of sp³-hybridized carbons (Fsp3) is 0.333. The molecular formula is C36H44ClN3O. The van der Waals surface area contributed by atoms with Gasteiger partial charge in [0.2, 0.25) is 0 Å². The molecule has 4 rings (SSSR count). The fourth-order valence-electron chi connectivity index (χ4n) is 4.63. The van der Waals surface area contributed by atoms with Crippen LogP contribution in [-0.4, -0.2) is 22.3 Å². The highest BCUT2D eigenvalue weighted by atomic mass is 35.5. The van der Waals surface area contributed by atoms with Gasteiger partial charge < -0.3 is 9.72 Å². The van der Waals surface area contributed by atoms with Crippen molar-refractivity contribution in [2.75, 3.05) is 6.61 Å². The number of nitrogens with zero attached hydrogens (tertiary/aromatic N) is 2. The number of ether oxygens (including phenoxy) is 1. The van der Waals surface area contributed by atoms with Crippen LogP contribution >= 0.6 is 11.6 Å². The Bertz CT molecular complexity index is 1520. The van der Waals surface area contributed by atoms with Crippen molar-refractivity contribution < 1.29 is 4.74 Å². The highest BCUT2D eigenvalue weighted by Gasteiger charge is 2.08. The van der Waals surface area contributed by atoms with E-state index in [-0.39, 0.29) is 0 Å². The maximum absolute atomic E-state index is 5.99. The van der Waals surface area contributed by atoms with Gasteiger partial charge in [-0.15, -0.1) is 0 Å². The highest BCUT2D eigenvalue weighted by molar-refractivity contribution is 6.30. The third kappa shape index (κ3) is 9.47. The van der Waals surface area contributed by atoms with Crippen LogP contribution in [0.15, 0.2) is 89.6 Å². The molecule has 1 N–H and O–H groups in total. The summed E-state index contributed by atoms with van der Waals surface area (Å²) in [4.78, 5) is 12.0. The van der Waals surface area contributed by atoms with Crippen LogP contribution in [-0.2, 0) is 12.8 Å². The van der Waals surface area contributed by atoms with Gasteiger partial charge in [0.05, 0.1) is 17.6 Å². The van der Waals surface area contributed by atoms with Crippen LogP contribution in [0.4, 0.5) is 0 Å². The van der Waals surface area contributed by atoms with Gasteiger partial charge in [0.25, 0.3) is 0 Å². The lowest BCUT2D eigenvalue weighted by molar-refractivity contribution is 0.287. The third-order valence-corrected chi connectivity index (χ3v) is 7.16. The van der Waals surface area contributed by atoms with E-state index in [1.165, 1.54) is 33.4 Å². The molecule has 216 valence electrons. The second-order valence-electron chi connectivity index (χ2n) is 10.9. The van der Waals surface area contributed by atoms with Crippen LogP contribution in [0.3, 0.4) is 0 Å². The maximum atomic E-state index is 5.99. The molecule has 4 aromatic rings. The number of hydrogen-bond acceptors (Lipinski definition) is 3. The number of rotatable bonds is 10. The number of H-pyrrole nitrogens is 1. The monoisotopic (exact) mass is 569 g/mol. The third-order valence-electron chi connectivity index (χ3n) is 6.92. The number of aryl methyl sites for hydroxylation is 2. The van der Waals surface area contributed by atoms with Crippen molar-refractivity contribution in [2.45, 2.75) is 67.7 Å². The number of imidazole rings is 1. The van der Waals surface area contributed by atoms with E-state index in [0.29, 0.717) is 5.92 Å². The molecule has 0 fully saturated rings. The van der Waals surface area contributed by atoms with Crippen molar-refractivity contribution in [1.82, 2.24) is 9.97 Å². The van der Waals surface area contributed by atoms with Gasteiger partial charge in [0.1, 0.15) is 11.6 Å². The van der Waals surface area contributed by atoms with Crippen LogP contribution in [0.2, 0.25) is 5.02 Å². The van der Waals surface area contributed by atoms with E-state index < -0.39 is 0 Å². The zero-order valence-electron chi connectivity index (χ0n) is 25.6. The van der Waals surface area contributed by atoms with Crippen LogP contribution in [0.5, 0.6) is 5.75 Å². The molecule has 0 radical (unpaired) electrons. The number of nitrogens with one attached hydrogen (secondary N) is 1. The first-order chi connectivity index (χ1) is 19.6. The molecule has 0 aliphatic heterocycles. The molecule has 0 spiro atoms. The van der Waals surface area contributed by atoms with Crippen LogP contribution in [0.1, 0.15) is 64.9 Å². The SMILES string of the molecule is C=CN=C(C)C(Cc1cccc(Cl)c1)=C(C)C.CCc1cc(-c2ccc3nc(C)[nH]c3c2)ccc1OCCC(C)C. The highest BCUT2D eigenvalue weighted by Crippen LogP contribution is 2.29. The lowest BCUT2D eigenvalue weighted by Crippen LogP contribution is -2.03. The molecule has 0 aliphatic carbocycles. The summed E-state index contributed by atoms with van der Waals surface area (Å²) >= 11 is 5.99. The molecular weight excluding hydrogens is 526 g/mol. The molecule has 0 atom stereocenters. The molecule has 0 amide bonds. The van der Waals surface area contributed by atoms with Gasteiger partial charge in [-0.05, 0) is 117 Å². The molecule has 4 nitrogen and oxygen atoms in total. The molecule has 0 saturated carbocycles. The quantitative estimate of drug-likeness (QED) is 0.193. The van der Waals surface area contributed by atoms with Crippen molar-refractivity contribution in [3.05, 3.63) is 107 Å². The summed E-state index contributed by atoms with van der Waals surface area (Å²) in [7, 11) is 0. The average Bonchev–Trinajstić information content (AvgIpc) is 3.31. The first-order valence-electron chi connectivity index (χ1n) is 14.4. The van der Waals surface area contributed by atoms with Gasteiger partial charge in [-0.2, -0.15) is 0 Å². The molecule has 1 heterocycles. The number of benzene rings is 3. The standard InChI is InChI=1S/C21H26N2O.C15H18ClN/c1-5-16-12-17(7-9-21(16)24-11-10-14(2)3)18-6-8-19-20(13-18)23-15(4)22-19;1-5-17-12(4)15(11(2)3)10-13-7-6-8-14(16)9-13/h6-9,12-14H,5,10-11H2,1-4H3,(H,22,23);5-9H,1,10H2,2-4H3. The summed E-state index contributed by atoms with van der Waals surface area (Å²) in [5, 5.41) is 0.772. The van der Waals surface area contributed by atoms with E-state index in [2.05, 4.69) is 98.6 Å². The molecule has 0 unspecified atom stereocenters. The number of hydrogen-bond donors (Lipinski definition) is 1. The number of aromatic nitrogens is 2. The summed E-state index contributed by atoms with van der Waals surface area (Å²) in [5.41, 5.74) is 10.5. The minimum absolute atomic E-state index is 0.666. The van der Waals surface area contributed by atoms with Crippen LogP contribution in [0, 0.1) is 12.8 Å². The Morgan fingerprint density at radius 1 is 1.05 bits per heavy atom. The van der Waals surface area contributed by atoms with E-state index in [1.54, 1.807) is 6.20 Å². The number of allylic oxidation sites excluding steroid dienone is 2. The normalized spacial score (nSPS) is 11.3. The average molecular weight is 570 g/mol. The zero-order valence-corrected chi connectivity index (χ0v) is 26.4. The second-order valence-corrected chi connectivity index (χ2v) is 11.4. The number of fused-ring (bicyclic) bond motifs is 1. The van der Waals surface area contributed by atoms with Gasteiger partial charge >= 0.3 is 0 Å². The lowest BCUT2D eigenvalue weighted by atomic mass is 9.98. The van der Waals surface area contributed by atoms with E-state index >= 15 is 0 Å². The molecule has 0 bridgehead atoms. The van der Waals surface area contributed by atoms with Gasteiger partial charge in [0.15, 0.2) is 0 Å². The number of aliphatic imine (C=N–C) groups is 1. The topological polar surface area (TPSA) is 50.3 Å². The first-order valence-corrected chi connectivity index (χ1v) is 14.8. The van der Waals surface area contributed by atoms with Crippen molar-refractivity contribution in [1.29, 1.82) is 0 Å². The Morgan fingerprint density at radius 2 is 1.78 bits per heavy atom. The number of aromatic amines is 1. The van der Waals surface area contributed by atoms with Crippen molar-refractivity contribution in [3.8, 4) is 16.9 Å².